The van der Waals surface area contributed by atoms with Gasteiger partial charge in [0.25, 0.3) is 5.91 Å². The Bertz CT molecular complexity index is 882. The van der Waals surface area contributed by atoms with Crippen molar-refractivity contribution in [2.24, 2.45) is 0 Å². The largest absolute Gasteiger partial charge is 0.483 e. The SMILES string of the molecule is Cc1cc(S(=O)(=O)N(C)C)ccc1OCC(=O)Nc1ccccc1Br. The fourth-order valence-electron chi connectivity index (χ4n) is 2.05. The molecule has 0 aromatic heterocycles. The number of anilines is 1. The van der Waals surface area contributed by atoms with Gasteiger partial charge >= 0.3 is 0 Å². The molecule has 6 nitrogen and oxygen atoms in total. The number of para-hydroxylation sites is 1. The van der Waals surface area contributed by atoms with E-state index < -0.39 is 10.0 Å². The van der Waals surface area contributed by atoms with E-state index in [1.165, 1.54) is 26.2 Å². The van der Waals surface area contributed by atoms with Gasteiger partial charge in [0.05, 0.1) is 10.6 Å². The summed E-state index contributed by atoms with van der Waals surface area (Å²) in [6, 6.07) is 11.8. The Balaban J connectivity index is 2.04. The first-order chi connectivity index (χ1) is 11.7. The van der Waals surface area contributed by atoms with Crippen LogP contribution >= 0.6 is 15.9 Å². The molecule has 8 heteroatoms. The minimum atomic E-state index is -3.50. The summed E-state index contributed by atoms with van der Waals surface area (Å²) in [5.74, 6) is 0.149. The number of nitrogens with zero attached hydrogens (tertiary/aromatic N) is 1. The van der Waals surface area contributed by atoms with E-state index >= 15 is 0 Å². The molecule has 0 fully saturated rings. The van der Waals surface area contributed by atoms with Crippen molar-refractivity contribution in [3.63, 3.8) is 0 Å². The number of carbonyl (C=O) groups is 1. The third-order valence-electron chi connectivity index (χ3n) is 3.43. The Morgan fingerprint density at radius 1 is 1.20 bits per heavy atom. The number of aryl methyl sites for hydroxylation is 1. The van der Waals surface area contributed by atoms with Gasteiger partial charge in [0.15, 0.2) is 6.61 Å². The zero-order valence-corrected chi connectivity index (χ0v) is 16.5. The van der Waals surface area contributed by atoms with E-state index in [4.69, 9.17) is 4.74 Å². The van der Waals surface area contributed by atoms with Crippen molar-refractivity contribution in [2.45, 2.75) is 11.8 Å². The average molecular weight is 427 g/mol. The highest BCUT2D eigenvalue weighted by Crippen LogP contribution is 2.24. The summed E-state index contributed by atoms with van der Waals surface area (Å²) in [6.45, 7) is 1.55. The minimum absolute atomic E-state index is 0.179. The molecule has 2 aromatic carbocycles. The fourth-order valence-corrected chi connectivity index (χ4v) is 3.42. The smallest absolute Gasteiger partial charge is 0.262 e. The van der Waals surface area contributed by atoms with Crippen LogP contribution in [0.15, 0.2) is 51.8 Å². The summed E-state index contributed by atoms with van der Waals surface area (Å²) >= 11 is 3.35. The summed E-state index contributed by atoms with van der Waals surface area (Å²) < 4.78 is 31.7. The number of carbonyl (C=O) groups excluding carboxylic acids is 1. The molecule has 0 spiro atoms. The van der Waals surface area contributed by atoms with Crippen molar-refractivity contribution >= 4 is 37.5 Å². The summed E-state index contributed by atoms with van der Waals surface area (Å²) in [5, 5.41) is 2.74. The molecule has 0 aliphatic heterocycles. The van der Waals surface area contributed by atoms with Crippen molar-refractivity contribution in [2.75, 3.05) is 26.0 Å². The molecule has 2 rings (SSSR count). The van der Waals surface area contributed by atoms with E-state index in [2.05, 4.69) is 21.2 Å². The molecule has 0 aliphatic rings. The number of rotatable bonds is 6. The molecule has 0 bridgehead atoms. The Hall–Kier alpha value is -1.90. The van der Waals surface area contributed by atoms with Gasteiger partial charge in [-0.25, -0.2) is 12.7 Å². The van der Waals surface area contributed by atoms with Gasteiger partial charge in [0, 0.05) is 18.6 Å². The number of ether oxygens (including phenoxy) is 1. The molecule has 1 amide bonds. The van der Waals surface area contributed by atoms with Crippen LogP contribution in [0.1, 0.15) is 5.56 Å². The van der Waals surface area contributed by atoms with Crippen molar-refractivity contribution < 1.29 is 17.9 Å². The van der Waals surface area contributed by atoms with Gasteiger partial charge in [0.2, 0.25) is 10.0 Å². The standard InChI is InChI=1S/C17H19BrN2O4S/c1-12-10-13(25(22,23)20(2)3)8-9-16(12)24-11-17(21)19-15-7-5-4-6-14(15)18/h4-10H,11H2,1-3H3,(H,19,21). The molecular formula is C17H19BrN2O4S. The van der Waals surface area contributed by atoms with Crippen molar-refractivity contribution in [3.8, 4) is 5.75 Å². The molecule has 134 valence electrons. The predicted octanol–water partition coefficient (Wildman–Crippen LogP) is 3.03. The van der Waals surface area contributed by atoms with Crippen LogP contribution in [-0.2, 0) is 14.8 Å². The lowest BCUT2D eigenvalue weighted by atomic mass is 10.2. The lowest BCUT2D eigenvalue weighted by Crippen LogP contribution is -2.22. The highest BCUT2D eigenvalue weighted by atomic mass is 79.9. The van der Waals surface area contributed by atoms with Gasteiger partial charge in [-0.2, -0.15) is 0 Å². The van der Waals surface area contributed by atoms with E-state index in [1.54, 1.807) is 19.1 Å². The zero-order chi connectivity index (χ0) is 18.6. The molecule has 0 radical (unpaired) electrons. The minimum Gasteiger partial charge on any atom is -0.483 e. The van der Waals surface area contributed by atoms with Gasteiger partial charge in [0.1, 0.15) is 5.75 Å². The van der Waals surface area contributed by atoms with Crippen molar-refractivity contribution in [3.05, 3.63) is 52.5 Å². The highest BCUT2D eigenvalue weighted by molar-refractivity contribution is 9.10. The van der Waals surface area contributed by atoms with Gasteiger partial charge in [-0.05, 0) is 58.7 Å². The number of benzene rings is 2. The number of sulfonamides is 1. The maximum absolute atomic E-state index is 12.1. The normalized spacial score (nSPS) is 11.4. The van der Waals surface area contributed by atoms with E-state index in [9.17, 15) is 13.2 Å². The number of halogens is 1. The van der Waals surface area contributed by atoms with Gasteiger partial charge in [-0.1, -0.05) is 12.1 Å². The molecule has 0 saturated carbocycles. The van der Waals surface area contributed by atoms with Gasteiger partial charge in [-0.3, -0.25) is 4.79 Å². The number of hydrogen-bond donors (Lipinski definition) is 1. The molecule has 0 unspecified atom stereocenters. The molecule has 0 saturated heterocycles. The lowest BCUT2D eigenvalue weighted by Gasteiger charge is -2.14. The van der Waals surface area contributed by atoms with E-state index in [-0.39, 0.29) is 17.4 Å². The molecule has 0 atom stereocenters. The summed E-state index contributed by atoms with van der Waals surface area (Å²) in [5.41, 5.74) is 1.29. The van der Waals surface area contributed by atoms with Crippen LogP contribution in [-0.4, -0.2) is 39.3 Å². The monoisotopic (exact) mass is 426 g/mol. The van der Waals surface area contributed by atoms with Crippen LogP contribution < -0.4 is 10.1 Å². The first-order valence-electron chi connectivity index (χ1n) is 7.42. The second kappa shape index (κ2) is 7.99. The summed E-state index contributed by atoms with van der Waals surface area (Å²) in [4.78, 5) is 12.2. The number of amides is 1. The Labute approximate surface area is 156 Å². The second-order valence-corrected chi connectivity index (χ2v) is 8.54. The molecule has 25 heavy (non-hydrogen) atoms. The summed E-state index contributed by atoms with van der Waals surface area (Å²) in [6.07, 6.45) is 0. The Kier molecular flexibility index (Phi) is 6.21. The van der Waals surface area contributed by atoms with Crippen LogP contribution in [0, 0.1) is 6.92 Å². The second-order valence-electron chi connectivity index (χ2n) is 5.53. The number of hydrogen-bond acceptors (Lipinski definition) is 4. The van der Waals surface area contributed by atoms with Crippen LogP contribution in [0.5, 0.6) is 5.75 Å². The highest BCUT2D eigenvalue weighted by Gasteiger charge is 2.18. The molecular weight excluding hydrogens is 408 g/mol. The fraction of sp³-hybridized carbons (Fsp3) is 0.235. The third-order valence-corrected chi connectivity index (χ3v) is 5.93. The molecule has 2 aromatic rings. The van der Waals surface area contributed by atoms with E-state index in [1.807, 2.05) is 18.2 Å². The molecule has 0 aliphatic carbocycles. The van der Waals surface area contributed by atoms with Crippen molar-refractivity contribution in [1.82, 2.24) is 4.31 Å². The topological polar surface area (TPSA) is 75.7 Å². The Morgan fingerprint density at radius 3 is 2.48 bits per heavy atom. The number of nitrogens with one attached hydrogen (secondary N) is 1. The van der Waals surface area contributed by atoms with Crippen LogP contribution in [0.25, 0.3) is 0 Å². The Morgan fingerprint density at radius 2 is 1.88 bits per heavy atom. The van der Waals surface area contributed by atoms with Crippen molar-refractivity contribution in [1.29, 1.82) is 0 Å². The maximum Gasteiger partial charge on any atom is 0.262 e. The summed E-state index contributed by atoms with van der Waals surface area (Å²) in [7, 11) is -0.553. The lowest BCUT2D eigenvalue weighted by molar-refractivity contribution is -0.118. The maximum atomic E-state index is 12.1. The molecule has 1 N–H and O–H groups in total. The first kappa shape index (κ1) is 19.4. The quantitative estimate of drug-likeness (QED) is 0.769. The first-order valence-corrected chi connectivity index (χ1v) is 9.65. The van der Waals surface area contributed by atoms with Crippen LogP contribution in [0.2, 0.25) is 0 Å². The van der Waals surface area contributed by atoms with E-state index in [0.29, 0.717) is 17.0 Å². The average Bonchev–Trinajstić information content (AvgIpc) is 2.55. The molecule has 0 heterocycles. The van der Waals surface area contributed by atoms with Crippen LogP contribution in [0.4, 0.5) is 5.69 Å². The van der Waals surface area contributed by atoms with Gasteiger partial charge < -0.3 is 10.1 Å². The van der Waals surface area contributed by atoms with E-state index in [0.717, 1.165) is 8.78 Å². The van der Waals surface area contributed by atoms with Gasteiger partial charge in [-0.15, -0.1) is 0 Å². The van der Waals surface area contributed by atoms with Crippen LogP contribution in [0.3, 0.4) is 0 Å². The zero-order valence-electron chi connectivity index (χ0n) is 14.1. The predicted molar refractivity (Wildman–Crippen MR) is 100 cm³/mol. The third kappa shape index (κ3) is 4.81.